The molecule has 0 aliphatic carbocycles. The van der Waals surface area contributed by atoms with E-state index in [9.17, 15) is 8.42 Å². The largest absolute Gasteiger partial charge is 0.393 e. The van der Waals surface area contributed by atoms with Crippen molar-refractivity contribution in [1.82, 2.24) is 14.9 Å². The van der Waals surface area contributed by atoms with Gasteiger partial charge in [-0.25, -0.2) is 13.1 Å². The third-order valence-corrected chi connectivity index (χ3v) is 3.91. The standard InChI is InChI=1S/C9H17N3O3S/c1-6(13)4-5-10-16(14,15)9-7(2)11-12-8(9)3/h6,10,13H,4-5H2,1-3H3,(H,11,12). The number of aliphatic hydroxyl groups is 1. The van der Waals surface area contributed by atoms with E-state index in [-0.39, 0.29) is 11.4 Å². The van der Waals surface area contributed by atoms with Gasteiger partial charge in [0.05, 0.1) is 17.5 Å². The number of aryl methyl sites for hydroxylation is 2. The number of nitrogens with one attached hydrogen (secondary N) is 2. The Morgan fingerprint density at radius 3 is 2.56 bits per heavy atom. The molecule has 16 heavy (non-hydrogen) atoms. The smallest absolute Gasteiger partial charge is 0.244 e. The molecule has 0 saturated heterocycles. The van der Waals surface area contributed by atoms with E-state index >= 15 is 0 Å². The van der Waals surface area contributed by atoms with Crippen molar-refractivity contribution >= 4 is 10.0 Å². The number of rotatable bonds is 5. The van der Waals surface area contributed by atoms with Crippen LogP contribution in [0, 0.1) is 13.8 Å². The van der Waals surface area contributed by atoms with Crippen molar-refractivity contribution in [3.63, 3.8) is 0 Å². The Morgan fingerprint density at radius 2 is 2.12 bits per heavy atom. The fourth-order valence-corrected chi connectivity index (χ4v) is 2.83. The van der Waals surface area contributed by atoms with Gasteiger partial charge in [0, 0.05) is 6.54 Å². The molecule has 1 unspecified atom stereocenters. The van der Waals surface area contributed by atoms with Crippen LogP contribution in [-0.4, -0.2) is 36.4 Å². The SMILES string of the molecule is Cc1n[nH]c(C)c1S(=O)(=O)NCCC(C)O. The van der Waals surface area contributed by atoms with E-state index in [1.54, 1.807) is 20.8 Å². The van der Waals surface area contributed by atoms with Crippen LogP contribution in [-0.2, 0) is 10.0 Å². The van der Waals surface area contributed by atoms with Crippen LogP contribution in [0.5, 0.6) is 0 Å². The summed E-state index contributed by atoms with van der Waals surface area (Å²) in [6.45, 7) is 5.11. The zero-order valence-electron chi connectivity index (χ0n) is 9.61. The lowest BCUT2D eigenvalue weighted by atomic mass is 10.3. The maximum Gasteiger partial charge on any atom is 0.244 e. The zero-order chi connectivity index (χ0) is 12.3. The van der Waals surface area contributed by atoms with Crippen LogP contribution in [0.2, 0.25) is 0 Å². The van der Waals surface area contributed by atoms with Gasteiger partial charge >= 0.3 is 0 Å². The Morgan fingerprint density at radius 1 is 1.50 bits per heavy atom. The molecule has 0 fully saturated rings. The molecule has 1 heterocycles. The van der Waals surface area contributed by atoms with E-state index in [1.165, 1.54) is 0 Å². The number of aromatic amines is 1. The molecule has 0 aromatic carbocycles. The molecule has 0 aliphatic rings. The summed E-state index contributed by atoms with van der Waals surface area (Å²) in [7, 11) is -3.53. The van der Waals surface area contributed by atoms with Crippen LogP contribution < -0.4 is 4.72 Å². The van der Waals surface area contributed by atoms with Crippen molar-refractivity contribution in [3.8, 4) is 0 Å². The Labute approximate surface area is 95.1 Å². The van der Waals surface area contributed by atoms with Crippen LogP contribution in [0.4, 0.5) is 0 Å². The van der Waals surface area contributed by atoms with Crippen LogP contribution in [0.25, 0.3) is 0 Å². The number of aliphatic hydroxyl groups excluding tert-OH is 1. The first-order chi connectivity index (χ1) is 7.34. The minimum absolute atomic E-state index is 0.193. The molecular weight excluding hydrogens is 230 g/mol. The lowest BCUT2D eigenvalue weighted by Crippen LogP contribution is -2.27. The lowest BCUT2D eigenvalue weighted by Gasteiger charge is -2.07. The second-order valence-electron chi connectivity index (χ2n) is 3.80. The van der Waals surface area contributed by atoms with Crippen molar-refractivity contribution in [2.75, 3.05) is 6.54 Å². The first-order valence-corrected chi connectivity index (χ1v) is 6.52. The van der Waals surface area contributed by atoms with Gasteiger partial charge in [-0.15, -0.1) is 0 Å². The fraction of sp³-hybridized carbons (Fsp3) is 0.667. The molecule has 1 aromatic heterocycles. The second kappa shape index (κ2) is 4.94. The normalized spacial score (nSPS) is 14.0. The predicted molar refractivity (Wildman–Crippen MR) is 59.5 cm³/mol. The average Bonchev–Trinajstić information content (AvgIpc) is 2.45. The molecule has 0 bridgehead atoms. The van der Waals surface area contributed by atoms with Gasteiger partial charge in [0.2, 0.25) is 10.0 Å². The minimum Gasteiger partial charge on any atom is -0.393 e. The molecule has 0 amide bonds. The second-order valence-corrected chi connectivity index (χ2v) is 5.50. The number of aromatic nitrogens is 2. The van der Waals surface area contributed by atoms with E-state index in [1.807, 2.05) is 0 Å². The van der Waals surface area contributed by atoms with Crippen molar-refractivity contribution in [2.24, 2.45) is 0 Å². The summed E-state index contributed by atoms with van der Waals surface area (Å²) in [5.41, 5.74) is 0.962. The van der Waals surface area contributed by atoms with Crippen LogP contribution in [0.15, 0.2) is 4.90 Å². The van der Waals surface area contributed by atoms with Crippen molar-refractivity contribution < 1.29 is 13.5 Å². The summed E-state index contributed by atoms with van der Waals surface area (Å²) in [6.07, 6.45) is -0.135. The van der Waals surface area contributed by atoms with Gasteiger partial charge in [0.25, 0.3) is 0 Å². The summed E-state index contributed by atoms with van der Waals surface area (Å²) in [5, 5.41) is 15.5. The van der Waals surface area contributed by atoms with Gasteiger partial charge in [0.1, 0.15) is 4.90 Å². The highest BCUT2D eigenvalue weighted by atomic mass is 32.2. The van der Waals surface area contributed by atoms with Gasteiger partial charge in [-0.1, -0.05) is 0 Å². The molecule has 1 aromatic rings. The Hall–Kier alpha value is -0.920. The van der Waals surface area contributed by atoms with E-state index in [4.69, 9.17) is 5.11 Å². The predicted octanol–water partition coefficient (Wildman–Crippen LogP) is 0.0757. The maximum absolute atomic E-state index is 11.9. The van der Waals surface area contributed by atoms with Crippen LogP contribution >= 0.6 is 0 Å². The molecule has 0 radical (unpaired) electrons. The van der Waals surface area contributed by atoms with Gasteiger partial charge < -0.3 is 5.11 Å². The third kappa shape index (κ3) is 3.03. The van der Waals surface area contributed by atoms with Gasteiger partial charge in [-0.3, -0.25) is 5.10 Å². The number of nitrogens with zero attached hydrogens (tertiary/aromatic N) is 1. The lowest BCUT2D eigenvalue weighted by molar-refractivity contribution is 0.186. The molecule has 0 saturated carbocycles. The van der Waals surface area contributed by atoms with Crippen LogP contribution in [0.3, 0.4) is 0 Å². The fourth-order valence-electron chi connectivity index (χ4n) is 1.41. The summed E-state index contributed by atoms with van der Waals surface area (Å²) >= 11 is 0. The summed E-state index contributed by atoms with van der Waals surface area (Å²) in [4.78, 5) is 0.193. The number of H-pyrrole nitrogens is 1. The van der Waals surface area contributed by atoms with Crippen molar-refractivity contribution in [1.29, 1.82) is 0 Å². The van der Waals surface area contributed by atoms with Gasteiger partial charge in [0.15, 0.2) is 0 Å². The first kappa shape index (κ1) is 13.1. The highest BCUT2D eigenvalue weighted by molar-refractivity contribution is 7.89. The van der Waals surface area contributed by atoms with Crippen molar-refractivity contribution in [3.05, 3.63) is 11.4 Å². The molecule has 3 N–H and O–H groups in total. The number of hydrogen-bond acceptors (Lipinski definition) is 4. The van der Waals surface area contributed by atoms with Gasteiger partial charge in [-0.05, 0) is 27.2 Å². The van der Waals surface area contributed by atoms with E-state index in [0.29, 0.717) is 17.8 Å². The molecule has 7 heteroatoms. The summed E-state index contributed by atoms with van der Waals surface area (Å²) < 4.78 is 26.2. The van der Waals surface area contributed by atoms with Crippen LogP contribution in [0.1, 0.15) is 24.7 Å². The topological polar surface area (TPSA) is 95.1 Å². The molecule has 6 nitrogen and oxygen atoms in total. The Kier molecular flexibility index (Phi) is 4.06. The molecule has 1 rings (SSSR count). The number of sulfonamides is 1. The third-order valence-electron chi connectivity index (χ3n) is 2.18. The highest BCUT2D eigenvalue weighted by Gasteiger charge is 2.21. The molecule has 92 valence electrons. The monoisotopic (exact) mass is 247 g/mol. The molecule has 1 atom stereocenters. The van der Waals surface area contributed by atoms with Gasteiger partial charge in [-0.2, -0.15) is 5.10 Å². The molecule has 0 spiro atoms. The zero-order valence-corrected chi connectivity index (χ0v) is 10.4. The minimum atomic E-state index is -3.53. The highest BCUT2D eigenvalue weighted by Crippen LogP contribution is 2.15. The number of hydrogen-bond donors (Lipinski definition) is 3. The Balaban J connectivity index is 2.79. The van der Waals surface area contributed by atoms with E-state index < -0.39 is 16.1 Å². The molecular formula is C9H17N3O3S. The summed E-state index contributed by atoms with van der Waals surface area (Å²) in [6, 6.07) is 0. The maximum atomic E-state index is 11.9. The average molecular weight is 247 g/mol. The van der Waals surface area contributed by atoms with E-state index in [2.05, 4.69) is 14.9 Å². The summed E-state index contributed by atoms with van der Waals surface area (Å²) in [5.74, 6) is 0. The van der Waals surface area contributed by atoms with E-state index in [0.717, 1.165) is 0 Å². The Bertz CT molecular complexity index is 431. The van der Waals surface area contributed by atoms with Crippen molar-refractivity contribution in [2.45, 2.75) is 38.2 Å². The quantitative estimate of drug-likeness (QED) is 0.686. The first-order valence-electron chi connectivity index (χ1n) is 5.04. The molecule has 0 aliphatic heterocycles.